The van der Waals surface area contributed by atoms with Crippen LogP contribution in [0.1, 0.15) is 24.8 Å². The molecule has 0 aromatic heterocycles. The fourth-order valence-corrected chi connectivity index (χ4v) is 2.01. The Balaban J connectivity index is 1.98. The van der Waals surface area contributed by atoms with Gasteiger partial charge in [0.25, 0.3) is 0 Å². The maximum atomic E-state index is 11.3. The zero-order valence-corrected chi connectivity index (χ0v) is 15.5. The SMILES string of the molecule is O=C(NCC(O)CCCCOCc1ccccc1)OCC(Cl)(Cl)Cl. The Bertz CT molecular complexity index is 468. The molecule has 0 bridgehead atoms. The van der Waals surface area contributed by atoms with Crippen LogP contribution in [0.25, 0.3) is 0 Å². The van der Waals surface area contributed by atoms with Crippen LogP contribution in [0.5, 0.6) is 0 Å². The number of hydrogen-bond acceptors (Lipinski definition) is 4. The fraction of sp³-hybridized carbons (Fsp3) is 0.562. The first-order valence-electron chi connectivity index (χ1n) is 7.64. The van der Waals surface area contributed by atoms with E-state index < -0.39 is 16.0 Å². The van der Waals surface area contributed by atoms with Crippen LogP contribution in [0, 0.1) is 0 Å². The van der Waals surface area contributed by atoms with E-state index in [0.29, 0.717) is 19.6 Å². The predicted octanol–water partition coefficient (Wildman–Crippen LogP) is 3.83. The van der Waals surface area contributed by atoms with Gasteiger partial charge in [-0.2, -0.15) is 0 Å². The molecule has 1 unspecified atom stereocenters. The maximum Gasteiger partial charge on any atom is 0.407 e. The molecule has 2 N–H and O–H groups in total. The van der Waals surface area contributed by atoms with Crippen molar-refractivity contribution in [3.63, 3.8) is 0 Å². The van der Waals surface area contributed by atoms with Crippen LogP contribution in [-0.4, -0.2) is 40.9 Å². The van der Waals surface area contributed by atoms with Crippen molar-refractivity contribution in [1.29, 1.82) is 0 Å². The lowest BCUT2D eigenvalue weighted by atomic mass is 10.1. The summed E-state index contributed by atoms with van der Waals surface area (Å²) in [5, 5.41) is 12.2. The average molecular weight is 399 g/mol. The number of benzene rings is 1. The van der Waals surface area contributed by atoms with Gasteiger partial charge in [0.05, 0.1) is 12.7 Å². The van der Waals surface area contributed by atoms with Gasteiger partial charge >= 0.3 is 6.09 Å². The van der Waals surface area contributed by atoms with E-state index in [-0.39, 0.29) is 13.2 Å². The molecule has 8 heteroatoms. The summed E-state index contributed by atoms with van der Waals surface area (Å²) in [6.07, 6.45) is 0.799. The van der Waals surface area contributed by atoms with Crippen molar-refractivity contribution in [2.24, 2.45) is 0 Å². The minimum Gasteiger partial charge on any atom is -0.445 e. The average Bonchev–Trinajstić information content (AvgIpc) is 2.54. The summed E-state index contributed by atoms with van der Waals surface area (Å²) in [4.78, 5) is 11.3. The monoisotopic (exact) mass is 397 g/mol. The minimum atomic E-state index is -1.64. The molecule has 1 aromatic carbocycles. The van der Waals surface area contributed by atoms with Gasteiger partial charge in [0.1, 0.15) is 6.61 Å². The third-order valence-electron chi connectivity index (χ3n) is 3.04. The minimum absolute atomic E-state index is 0.0869. The molecular formula is C16H22Cl3NO4. The summed E-state index contributed by atoms with van der Waals surface area (Å²) in [5.41, 5.74) is 1.13. The summed E-state index contributed by atoms with van der Waals surface area (Å²) in [5.74, 6) is 0. The van der Waals surface area contributed by atoms with Crippen molar-refractivity contribution in [2.45, 2.75) is 35.8 Å². The van der Waals surface area contributed by atoms with E-state index >= 15 is 0 Å². The largest absolute Gasteiger partial charge is 0.445 e. The van der Waals surface area contributed by atoms with Crippen molar-refractivity contribution in [1.82, 2.24) is 5.32 Å². The Morgan fingerprint density at radius 2 is 1.92 bits per heavy atom. The van der Waals surface area contributed by atoms with Gasteiger partial charge in [0.15, 0.2) is 0 Å². The lowest BCUT2D eigenvalue weighted by molar-refractivity contribution is 0.106. The maximum absolute atomic E-state index is 11.3. The van der Waals surface area contributed by atoms with E-state index in [1.54, 1.807) is 0 Å². The molecule has 1 rings (SSSR count). The molecule has 0 fully saturated rings. The number of ether oxygens (including phenoxy) is 2. The van der Waals surface area contributed by atoms with Crippen LogP contribution < -0.4 is 5.32 Å². The van der Waals surface area contributed by atoms with Gasteiger partial charge in [-0.15, -0.1) is 0 Å². The van der Waals surface area contributed by atoms with E-state index in [1.165, 1.54) is 0 Å². The molecule has 24 heavy (non-hydrogen) atoms. The highest BCUT2D eigenvalue weighted by atomic mass is 35.6. The van der Waals surface area contributed by atoms with Gasteiger partial charge in [0, 0.05) is 13.2 Å². The van der Waals surface area contributed by atoms with E-state index in [9.17, 15) is 9.90 Å². The first-order chi connectivity index (χ1) is 11.4. The number of alkyl carbamates (subject to hydrolysis) is 1. The molecule has 0 aliphatic heterocycles. The van der Waals surface area contributed by atoms with Gasteiger partial charge in [-0.05, 0) is 24.8 Å². The summed E-state index contributed by atoms with van der Waals surface area (Å²) < 4.78 is 8.59. The number of alkyl halides is 3. The van der Waals surface area contributed by atoms with E-state index in [4.69, 9.17) is 39.5 Å². The summed E-state index contributed by atoms with van der Waals surface area (Å²) in [6, 6.07) is 9.93. The van der Waals surface area contributed by atoms with Gasteiger partial charge in [-0.3, -0.25) is 0 Å². The van der Waals surface area contributed by atoms with Crippen LogP contribution in [0.15, 0.2) is 30.3 Å². The highest BCUT2D eigenvalue weighted by Crippen LogP contribution is 2.25. The number of hydrogen-bond donors (Lipinski definition) is 2. The van der Waals surface area contributed by atoms with Crippen molar-refractivity contribution in [2.75, 3.05) is 19.8 Å². The first kappa shape index (κ1) is 21.3. The molecule has 136 valence electrons. The molecule has 0 spiro atoms. The number of halogens is 3. The smallest absolute Gasteiger partial charge is 0.407 e. The van der Waals surface area contributed by atoms with Crippen LogP contribution >= 0.6 is 34.8 Å². The van der Waals surface area contributed by atoms with Crippen molar-refractivity contribution in [3.05, 3.63) is 35.9 Å². The van der Waals surface area contributed by atoms with Crippen molar-refractivity contribution < 1.29 is 19.4 Å². The number of aliphatic hydroxyl groups is 1. The molecule has 1 aromatic rings. The van der Waals surface area contributed by atoms with E-state index in [0.717, 1.165) is 18.4 Å². The Hall–Kier alpha value is -0.720. The number of carbonyl (C=O) groups excluding carboxylic acids is 1. The second-order valence-electron chi connectivity index (χ2n) is 5.26. The van der Waals surface area contributed by atoms with Crippen LogP contribution in [-0.2, 0) is 16.1 Å². The number of carbonyl (C=O) groups is 1. The summed E-state index contributed by atoms with van der Waals surface area (Å²) >= 11 is 16.4. The first-order valence-corrected chi connectivity index (χ1v) is 8.77. The quantitative estimate of drug-likeness (QED) is 0.464. The number of aliphatic hydroxyl groups excluding tert-OH is 1. The number of amides is 1. The normalized spacial score (nSPS) is 12.7. The molecule has 0 aliphatic carbocycles. The molecule has 0 heterocycles. The Kier molecular flexibility index (Phi) is 10.5. The third kappa shape index (κ3) is 11.8. The van der Waals surface area contributed by atoms with Crippen LogP contribution in [0.4, 0.5) is 4.79 Å². The predicted molar refractivity (Wildman–Crippen MR) is 95.6 cm³/mol. The van der Waals surface area contributed by atoms with Gasteiger partial charge in [0.2, 0.25) is 3.79 Å². The van der Waals surface area contributed by atoms with Gasteiger partial charge < -0.3 is 19.9 Å². The molecule has 5 nitrogen and oxygen atoms in total. The Morgan fingerprint density at radius 1 is 1.21 bits per heavy atom. The van der Waals surface area contributed by atoms with Crippen LogP contribution in [0.2, 0.25) is 0 Å². The molecule has 0 aliphatic rings. The van der Waals surface area contributed by atoms with Crippen LogP contribution in [0.3, 0.4) is 0 Å². The Labute approximate surface area is 157 Å². The third-order valence-corrected chi connectivity index (χ3v) is 3.36. The molecule has 0 radical (unpaired) electrons. The molecule has 0 saturated carbocycles. The zero-order valence-electron chi connectivity index (χ0n) is 13.2. The molecular weight excluding hydrogens is 377 g/mol. The second-order valence-corrected chi connectivity index (χ2v) is 7.78. The van der Waals surface area contributed by atoms with E-state index in [1.807, 2.05) is 30.3 Å². The van der Waals surface area contributed by atoms with E-state index in [2.05, 4.69) is 10.1 Å². The summed E-state index contributed by atoms with van der Waals surface area (Å²) in [7, 11) is 0. The topological polar surface area (TPSA) is 67.8 Å². The van der Waals surface area contributed by atoms with Gasteiger partial charge in [-0.25, -0.2) is 4.79 Å². The lowest BCUT2D eigenvalue weighted by Gasteiger charge is -2.14. The molecule has 0 saturated heterocycles. The molecule has 1 amide bonds. The van der Waals surface area contributed by atoms with Gasteiger partial charge in [-0.1, -0.05) is 65.1 Å². The zero-order chi connectivity index (χ0) is 17.8. The number of rotatable bonds is 10. The second kappa shape index (κ2) is 11.8. The lowest BCUT2D eigenvalue weighted by Crippen LogP contribution is -2.34. The highest BCUT2D eigenvalue weighted by Gasteiger charge is 2.22. The number of unbranched alkanes of at least 4 members (excludes halogenated alkanes) is 1. The highest BCUT2D eigenvalue weighted by molar-refractivity contribution is 6.67. The Morgan fingerprint density at radius 3 is 2.58 bits per heavy atom. The summed E-state index contributed by atoms with van der Waals surface area (Å²) in [6.45, 7) is 0.947. The van der Waals surface area contributed by atoms with Crippen molar-refractivity contribution in [3.8, 4) is 0 Å². The number of nitrogens with one attached hydrogen (secondary N) is 1. The fourth-order valence-electron chi connectivity index (χ4n) is 1.85. The standard InChI is InChI=1S/C16H22Cl3NO4/c17-16(18,19)12-24-15(22)20-10-14(21)8-4-5-9-23-11-13-6-2-1-3-7-13/h1-3,6-7,14,21H,4-5,8-12H2,(H,20,22). The van der Waals surface area contributed by atoms with Crippen molar-refractivity contribution >= 4 is 40.9 Å². The molecule has 1 atom stereocenters.